The third-order valence-electron chi connectivity index (χ3n) is 7.68. The maximum absolute atomic E-state index is 14.1. The fourth-order valence-corrected chi connectivity index (χ4v) is 6.35. The van der Waals surface area contributed by atoms with E-state index >= 15 is 0 Å². The highest BCUT2D eigenvalue weighted by Crippen LogP contribution is 2.41. The number of alkyl halides is 1. The Balaban J connectivity index is 1.29. The number of ether oxygens (including phenoxy) is 1. The van der Waals surface area contributed by atoms with Gasteiger partial charge in [-0.3, -0.25) is 4.90 Å². The highest BCUT2D eigenvalue weighted by atomic mass is 35.5. The summed E-state index contributed by atoms with van der Waals surface area (Å²) in [7, 11) is 1.88. The number of halogens is 2. The molecule has 4 heterocycles. The SMILES string of the molecule is CNc1nc(OCC23CCCN2CC(F)C3)nc2c1CCN(c1cccc3cccc(Cl)c13)C2. The van der Waals surface area contributed by atoms with Crippen LogP contribution in [0.2, 0.25) is 5.02 Å². The van der Waals surface area contributed by atoms with Gasteiger partial charge in [-0.1, -0.05) is 35.9 Å². The van der Waals surface area contributed by atoms with Crippen LogP contribution in [0.15, 0.2) is 36.4 Å². The molecule has 6 nitrogen and oxygen atoms in total. The van der Waals surface area contributed by atoms with Crippen LogP contribution >= 0.6 is 11.6 Å². The van der Waals surface area contributed by atoms with Crippen molar-refractivity contribution in [3.8, 4) is 6.01 Å². The molecule has 2 fully saturated rings. The second kappa shape index (κ2) is 8.54. The number of hydrogen-bond donors (Lipinski definition) is 1. The number of hydrogen-bond acceptors (Lipinski definition) is 6. The van der Waals surface area contributed by atoms with Gasteiger partial charge < -0.3 is 15.0 Å². The number of aromatic nitrogens is 2. The molecule has 0 saturated carbocycles. The lowest BCUT2D eigenvalue weighted by atomic mass is 9.95. The van der Waals surface area contributed by atoms with Crippen molar-refractivity contribution >= 4 is 33.9 Å². The molecule has 2 saturated heterocycles. The van der Waals surface area contributed by atoms with Gasteiger partial charge in [0.2, 0.25) is 0 Å². The first-order chi connectivity index (χ1) is 16.6. The molecular formula is C26H29ClFN5O. The van der Waals surface area contributed by atoms with E-state index in [0.29, 0.717) is 32.1 Å². The summed E-state index contributed by atoms with van der Waals surface area (Å²) in [6.07, 6.45) is 2.64. The van der Waals surface area contributed by atoms with Crippen molar-refractivity contribution < 1.29 is 9.13 Å². The molecule has 178 valence electrons. The summed E-state index contributed by atoms with van der Waals surface area (Å²) in [5.41, 5.74) is 2.98. The van der Waals surface area contributed by atoms with Crippen LogP contribution in [0.25, 0.3) is 10.8 Å². The molecule has 2 unspecified atom stereocenters. The Hall–Kier alpha value is -2.64. The van der Waals surface area contributed by atoms with Crippen molar-refractivity contribution in [3.63, 3.8) is 0 Å². The van der Waals surface area contributed by atoms with Crippen molar-refractivity contribution in [2.45, 2.75) is 43.9 Å². The molecule has 0 amide bonds. The standard InChI is InChI=1S/C26H29ClFN5O/c1-29-24-19-9-12-32(22-8-3-6-17-5-2-7-20(27)23(17)22)15-21(19)30-25(31-24)34-16-26-10-4-11-33(26)14-18(28)13-26/h2-3,5-8,18H,4,9-16H2,1H3,(H,29,30,31). The van der Waals surface area contributed by atoms with Crippen LogP contribution < -0.4 is 15.0 Å². The van der Waals surface area contributed by atoms with Crippen LogP contribution in [-0.2, 0) is 13.0 Å². The summed E-state index contributed by atoms with van der Waals surface area (Å²) < 4.78 is 20.3. The van der Waals surface area contributed by atoms with Crippen molar-refractivity contribution in [2.24, 2.45) is 0 Å². The Labute approximate surface area is 204 Å². The van der Waals surface area contributed by atoms with E-state index in [0.717, 1.165) is 70.9 Å². The van der Waals surface area contributed by atoms with Gasteiger partial charge in [0.15, 0.2) is 0 Å². The number of benzene rings is 2. The van der Waals surface area contributed by atoms with Crippen LogP contribution in [-0.4, -0.2) is 59.9 Å². The molecule has 2 atom stereocenters. The average Bonchev–Trinajstić information content (AvgIpc) is 3.37. The molecule has 0 spiro atoms. The smallest absolute Gasteiger partial charge is 0.318 e. The first-order valence-electron chi connectivity index (χ1n) is 12.1. The minimum Gasteiger partial charge on any atom is -0.461 e. The van der Waals surface area contributed by atoms with Crippen molar-refractivity contribution in [3.05, 3.63) is 52.7 Å². The van der Waals surface area contributed by atoms with Crippen molar-refractivity contribution in [1.29, 1.82) is 0 Å². The molecule has 1 aromatic heterocycles. The van der Waals surface area contributed by atoms with Crippen molar-refractivity contribution in [2.75, 3.05) is 43.5 Å². The highest BCUT2D eigenvalue weighted by Gasteiger charge is 2.49. The van der Waals surface area contributed by atoms with E-state index in [4.69, 9.17) is 21.3 Å². The molecule has 0 aliphatic carbocycles. The monoisotopic (exact) mass is 481 g/mol. The Morgan fingerprint density at radius 3 is 2.91 bits per heavy atom. The quantitative estimate of drug-likeness (QED) is 0.562. The molecule has 8 heteroatoms. The Morgan fingerprint density at radius 1 is 1.21 bits per heavy atom. The zero-order valence-corrected chi connectivity index (χ0v) is 20.1. The Bertz CT molecular complexity index is 1230. The summed E-state index contributed by atoms with van der Waals surface area (Å²) >= 11 is 6.60. The first-order valence-corrected chi connectivity index (χ1v) is 12.5. The zero-order chi connectivity index (χ0) is 23.3. The summed E-state index contributed by atoms with van der Waals surface area (Å²) in [6.45, 7) is 3.39. The molecule has 34 heavy (non-hydrogen) atoms. The molecule has 0 radical (unpaired) electrons. The summed E-state index contributed by atoms with van der Waals surface area (Å²) in [6, 6.07) is 12.7. The lowest BCUT2D eigenvalue weighted by Gasteiger charge is -2.33. The zero-order valence-electron chi connectivity index (χ0n) is 19.4. The molecule has 3 aliphatic rings. The minimum absolute atomic E-state index is 0.218. The van der Waals surface area contributed by atoms with E-state index in [1.165, 1.54) is 0 Å². The molecule has 3 aliphatic heterocycles. The Morgan fingerprint density at radius 2 is 2.06 bits per heavy atom. The third-order valence-corrected chi connectivity index (χ3v) is 8.00. The van der Waals surface area contributed by atoms with E-state index in [1.54, 1.807) is 0 Å². The second-order valence-electron chi connectivity index (χ2n) is 9.68. The van der Waals surface area contributed by atoms with E-state index in [1.807, 2.05) is 19.2 Å². The van der Waals surface area contributed by atoms with Crippen molar-refractivity contribution in [1.82, 2.24) is 14.9 Å². The normalized spacial score (nSPS) is 24.3. The van der Waals surface area contributed by atoms with Gasteiger partial charge in [0.1, 0.15) is 18.6 Å². The molecular weight excluding hydrogens is 453 g/mol. The predicted molar refractivity (Wildman–Crippen MR) is 134 cm³/mol. The van der Waals surface area contributed by atoms with E-state index in [2.05, 4.69) is 44.4 Å². The van der Waals surface area contributed by atoms with Gasteiger partial charge >= 0.3 is 6.01 Å². The molecule has 1 N–H and O–H groups in total. The molecule has 6 rings (SSSR count). The number of nitrogens with one attached hydrogen (secondary N) is 1. The molecule has 0 bridgehead atoms. The highest BCUT2D eigenvalue weighted by molar-refractivity contribution is 6.36. The molecule has 3 aromatic rings. The number of nitrogens with zero attached hydrogens (tertiary/aromatic N) is 4. The lowest BCUT2D eigenvalue weighted by molar-refractivity contribution is 0.107. The van der Waals surface area contributed by atoms with Gasteiger partial charge in [0.05, 0.1) is 22.8 Å². The fourth-order valence-electron chi connectivity index (χ4n) is 6.07. The van der Waals surface area contributed by atoms with Crippen LogP contribution in [0.5, 0.6) is 6.01 Å². The second-order valence-corrected chi connectivity index (χ2v) is 10.1. The van der Waals surface area contributed by atoms with E-state index in [-0.39, 0.29) is 5.54 Å². The number of anilines is 2. The van der Waals surface area contributed by atoms with Crippen LogP contribution in [0, 0.1) is 0 Å². The summed E-state index contributed by atoms with van der Waals surface area (Å²) in [5.74, 6) is 0.811. The van der Waals surface area contributed by atoms with Gasteiger partial charge in [0.25, 0.3) is 0 Å². The van der Waals surface area contributed by atoms with Gasteiger partial charge in [0, 0.05) is 43.2 Å². The summed E-state index contributed by atoms with van der Waals surface area (Å²) in [5, 5.41) is 6.17. The van der Waals surface area contributed by atoms with Gasteiger partial charge in [-0.2, -0.15) is 9.97 Å². The van der Waals surface area contributed by atoms with Crippen LogP contribution in [0.1, 0.15) is 30.5 Å². The first kappa shape index (κ1) is 21.9. The lowest BCUT2D eigenvalue weighted by Crippen LogP contribution is -2.43. The van der Waals surface area contributed by atoms with Crippen LogP contribution in [0.3, 0.4) is 0 Å². The van der Waals surface area contributed by atoms with Crippen LogP contribution in [0.4, 0.5) is 15.9 Å². The number of rotatable bonds is 5. The maximum Gasteiger partial charge on any atom is 0.318 e. The van der Waals surface area contributed by atoms with E-state index in [9.17, 15) is 4.39 Å². The van der Waals surface area contributed by atoms with Gasteiger partial charge in [-0.25, -0.2) is 4.39 Å². The number of fused-ring (bicyclic) bond motifs is 3. The average molecular weight is 482 g/mol. The Kier molecular flexibility index (Phi) is 5.49. The van der Waals surface area contributed by atoms with Gasteiger partial charge in [-0.15, -0.1) is 0 Å². The minimum atomic E-state index is -0.776. The topological polar surface area (TPSA) is 53.5 Å². The fraction of sp³-hybridized carbons (Fsp3) is 0.462. The third kappa shape index (κ3) is 3.66. The maximum atomic E-state index is 14.1. The predicted octanol–water partition coefficient (Wildman–Crippen LogP) is 4.84. The van der Waals surface area contributed by atoms with Gasteiger partial charge in [-0.05, 0) is 43.3 Å². The van der Waals surface area contributed by atoms with E-state index < -0.39 is 6.17 Å². The summed E-state index contributed by atoms with van der Waals surface area (Å²) in [4.78, 5) is 14.1. The molecule has 2 aromatic carbocycles. The largest absolute Gasteiger partial charge is 0.461 e.